The van der Waals surface area contributed by atoms with Gasteiger partial charge >= 0.3 is 0 Å². The highest BCUT2D eigenvalue weighted by Crippen LogP contribution is 2.58. The Morgan fingerprint density at radius 1 is 0.800 bits per heavy atom. The fourth-order valence-electron chi connectivity index (χ4n) is 10.6. The topological polar surface area (TPSA) is 174 Å². The van der Waals surface area contributed by atoms with Crippen molar-refractivity contribution in [3.8, 4) is 0 Å². The van der Waals surface area contributed by atoms with Gasteiger partial charge in [0.05, 0.1) is 55.1 Å². The summed E-state index contributed by atoms with van der Waals surface area (Å²) in [4.78, 5) is 13.9. The van der Waals surface area contributed by atoms with E-state index in [0.29, 0.717) is 62.7 Å². The SMILES string of the molecule is CO[C@H]1C[C@H](O[C@@H]2[C@H](C)O[C@@H](O[C@H]3[C@@H](OC)C[C@H](O[C@@H]4CC5=CC[C@H]6C(=O)[C@@](O)(c7ccoc7C)CC[C@@H]6[C@@]5(C)C[C@H]4O)O[C@@H]3C)C[C@@H]2OC)O[C@H](C)[C@H]1O. The standard InChI is InChI=1S/C41H62O14/c1-20-26(12-14-49-20)41(45)13-11-27-25(39(41)44)10-9-24-15-29(28(42)19-40(24,27)5)53-33-17-31(47-7)37(22(3)51-33)55-35-18-32(48-8)38(23(4)52-35)54-34-16-30(46-6)36(43)21(2)50-34/h9,12,14,21-23,25,27-38,42-43,45H,10-11,13,15-19H2,1-8H3/t21-,22-,23+,25-,27+,28-,29-,30+,31+,32+,33+,34+,35+,36-,37-,38-,40+,41+/m1/s1. The Hall–Kier alpha value is -1.79. The highest BCUT2D eigenvalue weighted by atomic mass is 16.7. The highest BCUT2D eigenvalue weighted by molar-refractivity contribution is 5.92. The number of Topliss-reactive ketones (excluding diaryl/α,β-unsaturated/α-hetero) is 1. The Balaban J connectivity index is 0.949. The first-order valence-electron chi connectivity index (χ1n) is 20.1. The van der Waals surface area contributed by atoms with E-state index in [9.17, 15) is 20.1 Å². The van der Waals surface area contributed by atoms with E-state index in [4.69, 9.17) is 47.0 Å². The average Bonchev–Trinajstić information content (AvgIpc) is 3.59. The van der Waals surface area contributed by atoms with Crippen molar-refractivity contribution in [3.05, 3.63) is 35.3 Å². The van der Waals surface area contributed by atoms with Gasteiger partial charge in [0.1, 0.15) is 24.1 Å². The number of aryl methyl sites for hydroxylation is 1. The number of carbonyl (C=O) groups excluding carboxylic acids is 1. The molecule has 7 rings (SSSR count). The van der Waals surface area contributed by atoms with Crippen LogP contribution in [0.5, 0.6) is 0 Å². The molecular weight excluding hydrogens is 716 g/mol. The number of rotatable bonds is 10. The van der Waals surface area contributed by atoms with Crippen LogP contribution in [0.3, 0.4) is 0 Å². The van der Waals surface area contributed by atoms with Gasteiger partial charge in [0.25, 0.3) is 0 Å². The first-order valence-corrected chi connectivity index (χ1v) is 20.1. The van der Waals surface area contributed by atoms with E-state index in [1.54, 1.807) is 41.2 Å². The van der Waals surface area contributed by atoms with Crippen molar-refractivity contribution in [2.45, 2.75) is 178 Å². The van der Waals surface area contributed by atoms with Crippen LogP contribution in [0.25, 0.3) is 0 Å². The van der Waals surface area contributed by atoms with Crippen LogP contribution in [0.2, 0.25) is 0 Å². The molecule has 3 saturated heterocycles. The number of carbonyl (C=O) groups is 1. The van der Waals surface area contributed by atoms with Gasteiger partial charge in [0.2, 0.25) is 0 Å². The molecule has 1 aromatic rings. The van der Waals surface area contributed by atoms with Crippen molar-refractivity contribution < 1.29 is 67.2 Å². The molecule has 3 N–H and O–H groups in total. The molecule has 0 radical (unpaired) electrons. The summed E-state index contributed by atoms with van der Waals surface area (Å²) in [6, 6.07) is 1.70. The van der Waals surface area contributed by atoms with E-state index in [-0.39, 0.29) is 29.8 Å². The second-order valence-electron chi connectivity index (χ2n) is 16.9. The predicted molar refractivity (Wildman–Crippen MR) is 194 cm³/mol. The Labute approximate surface area is 324 Å². The number of fused-ring (bicyclic) bond motifs is 3. The first kappa shape index (κ1) is 41.4. The first-order chi connectivity index (χ1) is 26.2. The van der Waals surface area contributed by atoms with Crippen LogP contribution in [-0.4, -0.2) is 128 Å². The van der Waals surface area contributed by atoms with Crippen molar-refractivity contribution in [2.75, 3.05) is 21.3 Å². The van der Waals surface area contributed by atoms with Crippen LogP contribution in [0, 0.1) is 24.2 Å². The fourth-order valence-corrected chi connectivity index (χ4v) is 10.6. The van der Waals surface area contributed by atoms with E-state index >= 15 is 0 Å². The number of ether oxygens (including phenoxy) is 9. The van der Waals surface area contributed by atoms with Gasteiger partial charge in [-0.3, -0.25) is 4.79 Å². The minimum Gasteiger partial charge on any atom is -0.469 e. The van der Waals surface area contributed by atoms with Gasteiger partial charge in [-0.1, -0.05) is 18.6 Å². The van der Waals surface area contributed by atoms with Gasteiger partial charge in [-0.2, -0.15) is 0 Å². The second-order valence-corrected chi connectivity index (χ2v) is 16.9. The molecule has 0 aromatic carbocycles. The number of aliphatic hydroxyl groups is 3. The zero-order valence-corrected chi connectivity index (χ0v) is 33.5. The number of aliphatic hydroxyl groups excluding tert-OH is 2. The lowest BCUT2D eigenvalue weighted by Gasteiger charge is -2.55. The third-order valence-electron chi connectivity index (χ3n) is 13.8. The summed E-state index contributed by atoms with van der Waals surface area (Å²) in [5.74, 6) is 0.0782. The molecule has 3 aliphatic heterocycles. The smallest absolute Gasteiger partial charge is 0.172 e. The van der Waals surface area contributed by atoms with Gasteiger partial charge in [0.15, 0.2) is 30.3 Å². The lowest BCUT2D eigenvalue weighted by Crippen LogP contribution is -2.58. The minimum absolute atomic E-state index is 0.00964. The largest absolute Gasteiger partial charge is 0.469 e. The number of allylic oxidation sites excluding steroid dienone is 1. The van der Waals surface area contributed by atoms with Gasteiger partial charge in [0, 0.05) is 52.1 Å². The third-order valence-corrected chi connectivity index (χ3v) is 13.8. The van der Waals surface area contributed by atoms with Crippen LogP contribution in [0.15, 0.2) is 28.4 Å². The van der Waals surface area contributed by atoms with E-state index < -0.39 is 84.8 Å². The number of hydrogen-bond acceptors (Lipinski definition) is 14. The summed E-state index contributed by atoms with van der Waals surface area (Å²) in [6.45, 7) is 9.56. The number of methoxy groups -OCH3 is 3. The van der Waals surface area contributed by atoms with Crippen LogP contribution in [-0.2, 0) is 53.0 Å². The third kappa shape index (κ3) is 7.76. The summed E-state index contributed by atoms with van der Waals surface area (Å²) >= 11 is 0. The van der Waals surface area contributed by atoms with Crippen molar-refractivity contribution in [3.63, 3.8) is 0 Å². The molecule has 0 bridgehead atoms. The van der Waals surface area contributed by atoms with Crippen LogP contribution >= 0.6 is 0 Å². The summed E-state index contributed by atoms with van der Waals surface area (Å²) in [5.41, 5.74) is -0.202. The number of hydrogen-bond donors (Lipinski definition) is 3. The van der Waals surface area contributed by atoms with E-state index in [0.717, 1.165) is 0 Å². The quantitative estimate of drug-likeness (QED) is 0.293. The van der Waals surface area contributed by atoms with Crippen molar-refractivity contribution in [2.24, 2.45) is 17.3 Å². The molecule has 4 heterocycles. The maximum atomic E-state index is 13.9. The van der Waals surface area contributed by atoms with Gasteiger partial charge in [-0.05, 0) is 77.2 Å². The Kier molecular flexibility index (Phi) is 12.4. The van der Waals surface area contributed by atoms with E-state index in [1.807, 2.05) is 13.8 Å². The lowest BCUT2D eigenvalue weighted by atomic mass is 9.51. The monoisotopic (exact) mass is 778 g/mol. The lowest BCUT2D eigenvalue weighted by molar-refractivity contribution is -0.339. The Morgan fingerprint density at radius 3 is 1.93 bits per heavy atom. The number of ketones is 1. The van der Waals surface area contributed by atoms with Crippen molar-refractivity contribution >= 4 is 5.78 Å². The molecule has 14 nitrogen and oxygen atoms in total. The summed E-state index contributed by atoms with van der Waals surface area (Å²) < 4.78 is 60.8. The molecule has 0 unspecified atom stereocenters. The fraction of sp³-hybridized carbons (Fsp3) is 0.829. The Morgan fingerprint density at radius 2 is 1.36 bits per heavy atom. The maximum absolute atomic E-state index is 13.9. The van der Waals surface area contributed by atoms with E-state index in [2.05, 4.69) is 13.0 Å². The molecule has 5 fully saturated rings. The average molecular weight is 779 g/mol. The second kappa shape index (κ2) is 16.5. The van der Waals surface area contributed by atoms with Crippen LogP contribution in [0.4, 0.5) is 0 Å². The Bertz CT molecular complexity index is 1510. The molecule has 0 amide bonds. The maximum Gasteiger partial charge on any atom is 0.172 e. The zero-order chi connectivity index (χ0) is 39.4. The van der Waals surface area contributed by atoms with Crippen molar-refractivity contribution in [1.82, 2.24) is 0 Å². The molecule has 14 heteroatoms. The molecule has 1 aromatic heterocycles. The molecular formula is C41H62O14. The van der Waals surface area contributed by atoms with Crippen LogP contribution < -0.4 is 0 Å². The molecule has 3 aliphatic carbocycles. The zero-order valence-electron chi connectivity index (χ0n) is 33.5. The molecule has 2 saturated carbocycles. The summed E-state index contributed by atoms with van der Waals surface area (Å²) in [7, 11) is 4.84. The molecule has 310 valence electrons. The van der Waals surface area contributed by atoms with Gasteiger partial charge < -0.3 is 62.4 Å². The molecule has 0 spiro atoms. The normalized spacial score (nSPS) is 47.8. The molecule has 6 aliphatic rings. The highest BCUT2D eigenvalue weighted by Gasteiger charge is 2.58. The van der Waals surface area contributed by atoms with Gasteiger partial charge in [-0.25, -0.2) is 0 Å². The van der Waals surface area contributed by atoms with Crippen molar-refractivity contribution in [1.29, 1.82) is 0 Å². The summed E-state index contributed by atoms with van der Waals surface area (Å²) in [6.07, 6.45) is 0.230. The molecule has 55 heavy (non-hydrogen) atoms. The van der Waals surface area contributed by atoms with Crippen LogP contribution in [0.1, 0.15) is 90.4 Å². The summed E-state index contributed by atoms with van der Waals surface area (Å²) in [5, 5.41) is 33.6. The number of furan rings is 1. The minimum atomic E-state index is -1.55. The van der Waals surface area contributed by atoms with Gasteiger partial charge in [-0.15, -0.1) is 0 Å². The molecule has 18 atom stereocenters. The predicted octanol–water partition coefficient (Wildman–Crippen LogP) is 3.83. The van der Waals surface area contributed by atoms with E-state index in [1.165, 1.54) is 11.8 Å².